The molecule has 2 bridgehead atoms. The fraction of sp³-hybridized carbons (Fsp3) is 0.581. The van der Waals surface area contributed by atoms with Crippen molar-refractivity contribution in [3.63, 3.8) is 0 Å². The zero-order valence-electron chi connectivity index (χ0n) is 21.4. The van der Waals surface area contributed by atoms with E-state index in [0.29, 0.717) is 13.0 Å². The zero-order valence-corrected chi connectivity index (χ0v) is 21.4. The fourth-order valence-electron chi connectivity index (χ4n) is 8.63. The van der Waals surface area contributed by atoms with Crippen molar-refractivity contribution in [2.75, 3.05) is 19.6 Å². The SMILES string of the molecule is O=C1CCCN1[C@@H]1CCC2(O)[C@H]3Cc4ccc(OCc5ccccc5)c5c4[C@@]2(CCN3CC2CC2)[C@H]1O5. The first-order valence-electron chi connectivity index (χ1n) is 14.3. The first-order chi connectivity index (χ1) is 18.1. The molecule has 0 aromatic heterocycles. The fourth-order valence-corrected chi connectivity index (χ4v) is 8.63. The summed E-state index contributed by atoms with van der Waals surface area (Å²) in [5.74, 6) is 2.62. The van der Waals surface area contributed by atoms with Crippen LogP contribution >= 0.6 is 0 Å². The van der Waals surface area contributed by atoms with Crippen LogP contribution in [0.3, 0.4) is 0 Å². The molecule has 6 aliphatic rings. The molecule has 1 unspecified atom stereocenters. The number of ether oxygens (including phenoxy) is 2. The molecule has 194 valence electrons. The molecule has 37 heavy (non-hydrogen) atoms. The van der Waals surface area contributed by atoms with Gasteiger partial charge in [0.05, 0.1) is 17.1 Å². The van der Waals surface area contributed by atoms with Crippen molar-refractivity contribution < 1.29 is 19.4 Å². The van der Waals surface area contributed by atoms with Gasteiger partial charge in [0.2, 0.25) is 5.91 Å². The van der Waals surface area contributed by atoms with E-state index in [-0.39, 0.29) is 24.1 Å². The van der Waals surface area contributed by atoms with Crippen LogP contribution in [-0.4, -0.2) is 64.2 Å². The number of rotatable bonds is 6. The summed E-state index contributed by atoms with van der Waals surface area (Å²) in [5.41, 5.74) is 2.27. The van der Waals surface area contributed by atoms with E-state index in [1.807, 2.05) is 18.2 Å². The highest BCUT2D eigenvalue weighted by molar-refractivity contribution is 5.79. The molecule has 3 heterocycles. The van der Waals surface area contributed by atoms with E-state index in [1.165, 1.54) is 24.0 Å². The summed E-state index contributed by atoms with van der Waals surface area (Å²) in [6, 6.07) is 14.6. The summed E-state index contributed by atoms with van der Waals surface area (Å²) in [6.07, 6.45) is 7.21. The van der Waals surface area contributed by atoms with E-state index < -0.39 is 11.0 Å². The van der Waals surface area contributed by atoms with Gasteiger partial charge in [-0.1, -0.05) is 36.4 Å². The maximum Gasteiger partial charge on any atom is 0.223 e. The van der Waals surface area contributed by atoms with Crippen molar-refractivity contribution in [2.24, 2.45) is 5.92 Å². The molecule has 0 radical (unpaired) electrons. The summed E-state index contributed by atoms with van der Waals surface area (Å²) in [6.45, 7) is 3.36. The first kappa shape index (κ1) is 22.4. The second-order valence-electron chi connectivity index (χ2n) is 12.3. The molecule has 2 aromatic carbocycles. The normalized spacial score (nSPS) is 35.9. The summed E-state index contributed by atoms with van der Waals surface area (Å²) in [4.78, 5) is 17.6. The minimum absolute atomic E-state index is 0.00577. The van der Waals surface area contributed by atoms with Gasteiger partial charge in [0, 0.05) is 31.1 Å². The van der Waals surface area contributed by atoms with E-state index in [4.69, 9.17) is 9.47 Å². The second-order valence-corrected chi connectivity index (χ2v) is 12.3. The summed E-state index contributed by atoms with van der Waals surface area (Å²) in [5, 5.41) is 12.8. The Bertz CT molecular complexity index is 1250. The molecule has 3 aliphatic heterocycles. The van der Waals surface area contributed by atoms with Crippen LogP contribution in [0.15, 0.2) is 42.5 Å². The second kappa shape index (κ2) is 7.97. The van der Waals surface area contributed by atoms with Gasteiger partial charge in [-0.25, -0.2) is 0 Å². The number of aliphatic hydroxyl groups is 1. The number of amides is 1. The smallest absolute Gasteiger partial charge is 0.223 e. The Balaban J connectivity index is 1.23. The van der Waals surface area contributed by atoms with Crippen molar-refractivity contribution in [3.05, 3.63) is 59.2 Å². The predicted octanol–water partition coefficient (Wildman–Crippen LogP) is 3.82. The van der Waals surface area contributed by atoms with Gasteiger partial charge < -0.3 is 19.5 Å². The Hall–Kier alpha value is -2.57. The maximum atomic E-state index is 12.9. The van der Waals surface area contributed by atoms with E-state index >= 15 is 0 Å². The molecule has 2 saturated carbocycles. The number of nitrogens with zero attached hydrogens (tertiary/aromatic N) is 2. The Morgan fingerprint density at radius 2 is 1.92 bits per heavy atom. The number of benzene rings is 2. The Morgan fingerprint density at radius 3 is 2.70 bits per heavy atom. The third-order valence-electron chi connectivity index (χ3n) is 10.5. The molecule has 2 aromatic rings. The van der Waals surface area contributed by atoms with Gasteiger partial charge in [-0.05, 0) is 74.6 Å². The van der Waals surface area contributed by atoms with Crippen LogP contribution in [-0.2, 0) is 23.2 Å². The van der Waals surface area contributed by atoms with Crippen LogP contribution in [0.2, 0.25) is 0 Å². The summed E-state index contributed by atoms with van der Waals surface area (Å²) in [7, 11) is 0. The lowest BCUT2D eigenvalue weighted by Gasteiger charge is -2.64. The van der Waals surface area contributed by atoms with Crippen molar-refractivity contribution in [1.29, 1.82) is 0 Å². The summed E-state index contributed by atoms with van der Waals surface area (Å²) >= 11 is 0. The quantitative estimate of drug-likeness (QED) is 0.654. The third-order valence-corrected chi connectivity index (χ3v) is 10.5. The van der Waals surface area contributed by atoms with Crippen LogP contribution in [0.1, 0.15) is 61.6 Å². The molecule has 1 amide bonds. The number of carbonyl (C=O) groups is 1. The van der Waals surface area contributed by atoms with Crippen molar-refractivity contribution in [2.45, 2.75) is 87.2 Å². The molecule has 1 spiro atoms. The molecular weight excluding hydrogens is 464 g/mol. The molecular formula is C31H36N2O4. The molecule has 8 rings (SSSR count). The lowest BCUT2D eigenvalue weighted by molar-refractivity contribution is -0.200. The van der Waals surface area contributed by atoms with Crippen molar-refractivity contribution in [1.82, 2.24) is 9.80 Å². The average molecular weight is 501 g/mol. The van der Waals surface area contributed by atoms with Gasteiger partial charge in [-0.3, -0.25) is 9.69 Å². The highest BCUT2D eigenvalue weighted by atomic mass is 16.5. The van der Waals surface area contributed by atoms with Crippen molar-refractivity contribution >= 4 is 5.91 Å². The molecule has 5 atom stereocenters. The highest BCUT2D eigenvalue weighted by Crippen LogP contribution is 2.66. The van der Waals surface area contributed by atoms with Crippen molar-refractivity contribution in [3.8, 4) is 11.5 Å². The first-order valence-corrected chi connectivity index (χ1v) is 14.3. The Morgan fingerprint density at radius 1 is 1.05 bits per heavy atom. The van der Waals surface area contributed by atoms with E-state index in [2.05, 4.69) is 34.1 Å². The number of piperidine rings is 1. The topological polar surface area (TPSA) is 62.2 Å². The molecule has 1 N–H and O–H groups in total. The molecule has 6 nitrogen and oxygen atoms in total. The lowest BCUT2D eigenvalue weighted by atomic mass is 9.48. The summed E-state index contributed by atoms with van der Waals surface area (Å²) < 4.78 is 13.4. The maximum absolute atomic E-state index is 12.9. The molecule has 6 heteroatoms. The molecule has 4 fully saturated rings. The molecule has 3 aliphatic carbocycles. The number of hydrogen-bond donors (Lipinski definition) is 1. The van der Waals surface area contributed by atoms with Crippen LogP contribution in [0.5, 0.6) is 11.5 Å². The van der Waals surface area contributed by atoms with Crippen LogP contribution < -0.4 is 9.47 Å². The molecule has 2 saturated heterocycles. The van der Waals surface area contributed by atoms with Crippen LogP contribution in [0.25, 0.3) is 0 Å². The minimum atomic E-state index is -0.847. The number of carbonyl (C=O) groups excluding carboxylic acids is 1. The highest BCUT2D eigenvalue weighted by Gasteiger charge is 2.73. The van der Waals surface area contributed by atoms with Gasteiger partial charge in [0.25, 0.3) is 0 Å². The van der Waals surface area contributed by atoms with Gasteiger partial charge in [-0.15, -0.1) is 0 Å². The minimum Gasteiger partial charge on any atom is -0.485 e. The standard InChI is InChI=1S/C31H36N2O4/c34-26-7-4-15-33(26)23-12-13-31(35)25-17-22-10-11-24(36-19-21-5-2-1-3-6-21)28-27(22)30(31,29(23)37-28)14-16-32(25)18-20-8-9-20/h1-3,5-6,10-11,20,23,25,29,35H,4,7-9,12-19H2/t23-,25-,29+,30+,31?/m1/s1. The van der Waals surface area contributed by atoms with Crippen LogP contribution in [0.4, 0.5) is 0 Å². The largest absolute Gasteiger partial charge is 0.485 e. The van der Waals surface area contributed by atoms with Gasteiger partial charge in [0.15, 0.2) is 11.5 Å². The Labute approximate surface area is 218 Å². The monoisotopic (exact) mass is 500 g/mol. The van der Waals surface area contributed by atoms with Crippen LogP contribution in [0, 0.1) is 5.92 Å². The lowest BCUT2D eigenvalue weighted by Crippen LogP contribution is -2.78. The third kappa shape index (κ3) is 3.09. The van der Waals surface area contributed by atoms with E-state index in [0.717, 1.165) is 74.7 Å². The zero-order chi connectivity index (χ0) is 24.8. The number of hydrogen-bond acceptors (Lipinski definition) is 5. The van der Waals surface area contributed by atoms with Gasteiger partial charge in [-0.2, -0.15) is 0 Å². The van der Waals surface area contributed by atoms with E-state index in [9.17, 15) is 9.90 Å². The average Bonchev–Trinajstić information content (AvgIpc) is 3.51. The number of likely N-dealkylation sites (tertiary alicyclic amines) is 2. The Kier molecular flexibility index (Phi) is 4.83. The van der Waals surface area contributed by atoms with Gasteiger partial charge in [0.1, 0.15) is 12.7 Å². The van der Waals surface area contributed by atoms with E-state index in [1.54, 1.807) is 0 Å². The predicted molar refractivity (Wildman–Crippen MR) is 139 cm³/mol. The van der Waals surface area contributed by atoms with Gasteiger partial charge >= 0.3 is 0 Å².